The molecule has 0 fully saturated rings. The van der Waals surface area contributed by atoms with E-state index in [0.717, 1.165) is 32.4 Å². The molecule has 0 aliphatic carbocycles. The van der Waals surface area contributed by atoms with Crippen molar-refractivity contribution in [2.45, 2.75) is 50.5 Å². The van der Waals surface area contributed by atoms with E-state index in [-0.39, 0.29) is 12.1 Å². The van der Waals surface area contributed by atoms with Crippen molar-refractivity contribution in [2.24, 2.45) is 5.73 Å². The Morgan fingerprint density at radius 2 is 1.23 bits per heavy atom. The van der Waals surface area contributed by atoms with Gasteiger partial charge >= 0.3 is 0 Å². The van der Waals surface area contributed by atoms with Gasteiger partial charge in [-0.25, -0.2) is 0 Å². The number of hydrogen-bond donors (Lipinski definition) is 2. The second-order valence-corrected chi connectivity index (χ2v) is 8.15. The molecule has 0 bridgehead atoms. The van der Waals surface area contributed by atoms with Crippen LogP contribution in [0.25, 0.3) is 0 Å². The minimum Gasteiger partial charge on any atom is -0.390 e. The predicted molar refractivity (Wildman–Crippen MR) is 129 cm³/mol. The molecule has 0 saturated carbocycles. The number of hydrogen-bond acceptors (Lipinski definition) is 3. The van der Waals surface area contributed by atoms with E-state index in [0.29, 0.717) is 0 Å². The highest BCUT2D eigenvalue weighted by Crippen LogP contribution is 2.21. The van der Waals surface area contributed by atoms with Crippen LogP contribution in [0.1, 0.15) is 29.5 Å². The van der Waals surface area contributed by atoms with Crippen LogP contribution in [0.4, 0.5) is 0 Å². The van der Waals surface area contributed by atoms with Gasteiger partial charge in [0.15, 0.2) is 0 Å². The smallest absolute Gasteiger partial charge is 0.0849 e. The van der Waals surface area contributed by atoms with Crippen LogP contribution < -0.4 is 5.73 Å². The molecule has 0 amide bonds. The van der Waals surface area contributed by atoms with Crippen molar-refractivity contribution in [3.8, 4) is 0 Å². The van der Waals surface area contributed by atoms with Gasteiger partial charge < -0.3 is 10.8 Å². The van der Waals surface area contributed by atoms with Gasteiger partial charge in [-0.3, -0.25) is 4.90 Å². The maximum atomic E-state index is 11.4. The highest BCUT2D eigenvalue weighted by atomic mass is 16.3. The van der Waals surface area contributed by atoms with Gasteiger partial charge in [0.1, 0.15) is 0 Å². The zero-order valence-corrected chi connectivity index (χ0v) is 18.2. The van der Waals surface area contributed by atoms with Crippen LogP contribution >= 0.6 is 0 Å². The molecule has 3 rings (SSSR count). The van der Waals surface area contributed by atoms with Gasteiger partial charge in [-0.1, -0.05) is 97.1 Å². The summed E-state index contributed by atoms with van der Waals surface area (Å²) >= 11 is 0. The average molecular weight is 415 g/mol. The number of benzene rings is 3. The minimum absolute atomic E-state index is 0.109. The first-order valence-electron chi connectivity index (χ1n) is 11.1. The number of rotatable bonds is 12. The molecule has 3 atom stereocenters. The van der Waals surface area contributed by atoms with E-state index in [1.807, 2.05) is 24.3 Å². The molecule has 0 spiro atoms. The minimum atomic E-state index is -0.646. The molecule has 0 heterocycles. The largest absolute Gasteiger partial charge is 0.390 e. The summed E-state index contributed by atoms with van der Waals surface area (Å²) in [6.07, 6.45) is 3.48. The van der Waals surface area contributed by atoms with Crippen LogP contribution in [-0.2, 0) is 19.5 Å². The molecule has 0 radical (unpaired) electrons. The lowest BCUT2D eigenvalue weighted by atomic mass is 9.92. The van der Waals surface area contributed by atoms with E-state index in [2.05, 4.69) is 84.3 Å². The van der Waals surface area contributed by atoms with Crippen LogP contribution in [0.5, 0.6) is 0 Å². The first-order chi connectivity index (χ1) is 15.2. The van der Waals surface area contributed by atoms with Crippen molar-refractivity contribution >= 4 is 0 Å². The van der Waals surface area contributed by atoms with Gasteiger partial charge in [-0.15, -0.1) is 6.58 Å². The summed E-state index contributed by atoms with van der Waals surface area (Å²) in [7, 11) is 0. The second-order valence-electron chi connectivity index (χ2n) is 8.15. The van der Waals surface area contributed by atoms with E-state index in [1.165, 1.54) is 16.7 Å². The zero-order valence-electron chi connectivity index (χ0n) is 18.2. The third kappa shape index (κ3) is 7.18. The van der Waals surface area contributed by atoms with Crippen molar-refractivity contribution < 1.29 is 5.11 Å². The SMILES string of the molecule is C=CCCC(N)[C@@H](O)[C@H](Cc1ccccc1)N(Cc1ccccc1)Cc1ccccc1. The Morgan fingerprint density at radius 1 is 0.774 bits per heavy atom. The summed E-state index contributed by atoms with van der Waals surface area (Å²) in [6.45, 7) is 5.30. The fourth-order valence-electron chi connectivity index (χ4n) is 4.01. The standard InChI is InChI=1S/C28H34N2O/c1-2-3-19-26(29)28(31)27(20-23-13-7-4-8-14-23)30(21-24-15-9-5-10-16-24)22-25-17-11-6-12-18-25/h2,4-18,26-28,31H,1,3,19-22,29H2/t26?,27-,28+/m0/s1. The van der Waals surface area contributed by atoms with Gasteiger partial charge in [-0.2, -0.15) is 0 Å². The molecule has 0 aliphatic heterocycles. The predicted octanol–water partition coefficient (Wildman–Crippen LogP) is 4.95. The van der Waals surface area contributed by atoms with E-state index >= 15 is 0 Å². The van der Waals surface area contributed by atoms with Gasteiger partial charge in [0, 0.05) is 25.2 Å². The molecular formula is C28H34N2O. The molecule has 31 heavy (non-hydrogen) atoms. The molecule has 162 valence electrons. The third-order valence-electron chi connectivity index (χ3n) is 5.75. The Kier molecular flexibility index (Phi) is 9.04. The molecule has 0 aliphatic rings. The van der Waals surface area contributed by atoms with E-state index in [4.69, 9.17) is 5.73 Å². The van der Waals surface area contributed by atoms with Gasteiger partial charge in [0.25, 0.3) is 0 Å². The summed E-state index contributed by atoms with van der Waals surface area (Å²) in [6, 6.07) is 30.8. The fourth-order valence-corrected chi connectivity index (χ4v) is 4.01. The van der Waals surface area contributed by atoms with Crippen molar-refractivity contribution in [3.63, 3.8) is 0 Å². The summed E-state index contributed by atoms with van der Waals surface area (Å²) in [5.41, 5.74) is 10.1. The van der Waals surface area contributed by atoms with Gasteiger partial charge in [0.05, 0.1) is 6.10 Å². The average Bonchev–Trinajstić information content (AvgIpc) is 2.82. The zero-order chi connectivity index (χ0) is 21.9. The Morgan fingerprint density at radius 3 is 1.68 bits per heavy atom. The number of aliphatic hydroxyl groups excluding tert-OH is 1. The fraction of sp³-hybridized carbons (Fsp3) is 0.286. The van der Waals surface area contributed by atoms with Crippen molar-refractivity contribution in [3.05, 3.63) is 120 Å². The Labute approximate surface area is 186 Å². The Balaban J connectivity index is 1.91. The van der Waals surface area contributed by atoms with Crippen molar-refractivity contribution in [1.82, 2.24) is 4.90 Å². The normalized spacial score (nSPS) is 14.2. The van der Waals surface area contributed by atoms with E-state index in [9.17, 15) is 5.11 Å². The monoisotopic (exact) mass is 414 g/mol. The molecule has 3 nitrogen and oxygen atoms in total. The second kappa shape index (κ2) is 12.2. The first kappa shape index (κ1) is 23.0. The third-order valence-corrected chi connectivity index (χ3v) is 5.75. The maximum absolute atomic E-state index is 11.4. The molecule has 3 aromatic carbocycles. The lowest BCUT2D eigenvalue weighted by molar-refractivity contribution is 0.0219. The quantitative estimate of drug-likeness (QED) is 0.412. The van der Waals surface area contributed by atoms with Crippen LogP contribution in [0.3, 0.4) is 0 Å². The molecule has 0 saturated heterocycles. The molecule has 3 aromatic rings. The van der Waals surface area contributed by atoms with Crippen LogP contribution in [0.15, 0.2) is 104 Å². The first-order valence-corrected chi connectivity index (χ1v) is 11.1. The number of aliphatic hydroxyl groups is 1. The summed E-state index contributed by atoms with van der Waals surface area (Å²) in [4.78, 5) is 2.37. The highest BCUT2D eigenvalue weighted by Gasteiger charge is 2.30. The van der Waals surface area contributed by atoms with Crippen LogP contribution in [-0.4, -0.2) is 28.2 Å². The summed E-state index contributed by atoms with van der Waals surface area (Å²) in [5.74, 6) is 0. The number of nitrogens with two attached hydrogens (primary N) is 1. The Hall–Kier alpha value is -2.72. The summed E-state index contributed by atoms with van der Waals surface area (Å²) < 4.78 is 0. The molecule has 0 aromatic heterocycles. The highest BCUT2D eigenvalue weighted by molar-refractivity contribution is 5.20. The molecule has 3 heteroatoms. The topological polar surface area (TPSA) is 49.5 Å². The van der Waals surface area contributed by atoms with Gasteiger partial charge in [-0.05, 0) is 36.0 Å². The maximum Gasteiger partial charge on any atom is 0.0849 e. The van der Waals surface area contributed by atoms with Crippen LogP contribution in [0.2, 0.25) is 0 Å². The lowest BCUT2D eigenvalue weighted by Crippen LogP contribution is -2.52. The van der Waals surface area contributed by atoms with E-state index in [1.54, 1.807) is 0 Å². The Bertz CT molecular complexity index is 841. The molecule has 3 N–H and O–H groups in total. The van der Waals surface area contributed by atoms with Gasteiger partial charge in [0.2, 0.25) is 0 Å². The molecule has 1 unspecified atom stereocenters. The lowest BCUT2D eigenvalue weighted by Gasteiger charge is -2.37. The van der Waals surface area contributed by atoms with E-state index < -0.39 is 6.10 Å². The number of nitrogens with zero attached hydrogens (tertiary/aromatic N) is 1. The summed E-state index contributed by atoms with van der Waals surface area (Å²) in [5, 5.41) is 11.4. The molecular weight excluding hydrogens is 380 g/mol. The number of allylic oxidation sites excluding steroid dienone is 1. The van der Waals surface area contributed by atoms with Crippen LogP contribution in [0, 0.1) is 0 Å². The van der Waals surface area contributed by atoms with Crippen molar-refractivity contribution in [2.75, 3.05) is 0 Å². The van der Waals surface area contributed by atoms with Crippen molar-refractivity contribution in [1.29, 1.82) is 0 Å².